The molecule has 0 saturated carbocycles. The smallest absolute Gasteiger partial charge is 0.313 e. The van der Waals surface area contributed by atoms with E-state index < -0.39 is 17.9 Å². The molecule has 1 N–H and O–H groups in total. The summed E-state index contributed by atoms with van der Waals surface area (Å²) in [5.74, 6) is -1.01. The molecule has 0 aliphatic carbocycles. The summed E-state index contributed by atoms with van der Waals surface area (Å²) in [5.41, 5.74) is 1.56. The molecule has 0 saturated heterocycles. The molecule has 1 amide bonds. The number of amides is 1. The van der Waals surface area contributed by atoms with Gasteiger partial charge in [0.25, 0.3) is 5.91 Å². The summed E-state index contributed by atoms with van der Waals surface area (Å²) < 4.78 is 10.6. The Balaban J connectivity index is 2.21. The topological polar surface area (TPSA) is 76.1 Å². The van der Waals surface area contributed by atoms with Crippen LogP contribution in [0.1, 0.15) is 33.4 Å². The summed E-state index contributed by atoms with van der Waals surface area (Å²) in [5, 5.41) is 9.88. The summed E-state index contributed by atoms with van der Waals surface area (Å²) >= 11 is 0. The Morgan fingerprint density at radius 1 is 1.08 bits per heavy atom. The number of carboxylic acids is 1. The van der Waals surface area contributed by atoms with Gasteiger partial charge < -0.3 is 19.5 Å². The molecule has 0 radical (unpaired) electrons. The number of carboxylic acid groups (broad SMARTS) is 1. The molecule has 0 spiro atoms. The van der Waals surface area contributed by atoms with Gasteiger partial charge in [-0.05, 0) is 23.8 Å². The van der Waals surface area contributed by atoms with Crippen molar-refractivity contribution in [2.75, 3.05) is 21.3 Å². The van der Waals surface area contributed by atoms with E-state index in [9.17, 15) is 14.7 Å². The van der Waals surface area contributed by atoms with Gasteiger partial charge in [-0.1, -0.05) is 18.2 Å². The lowest BCUT2D eigenvalue weighted by Crippen LogP contribution is -2.42. The van der Waals surface area contributed by atoms with Crippen molar-refractivity contribution < 1.29 is 24.2 Å². The first-order chi connectivity index (χ1) is 12.0. The van der Waals surface area contributed by atoms with Crippen LogP contribution in [0, 0.1) is 0 Å². The van der Waals surface area contributed by atoms with Gasteiger partial charge in [0.05, 0.1) is 20.3 Å². The third kappa shape index (κ3) is 2.69. The highest BCUT2D eigenvalue weighted by molar-refractivity contribution is 6.00. The number of hydrogen-bond donors (Lipinski definition) is 1. The van der Waals surface area contributed by atoms with Crippen molar-refractivity contribution in [3.05, 3.63) is 59.2 Å². The van der Waals surface area contributed by atoms with E-state index >= 15 is 0 Å². The zero-order chi connectivity index (χ0) is 18.1. The Morgan fingerprint density at radius 2 is 1.80 bits per heavy atom. The summed E-state index contributed by atoms with van der Waals surface area (Å²) in [4.78, 5) is 26.3. The maximum atomic E-state index is 12.8. The number of ether oxygens (including phenoxy) is 2. The van der Waals surface area contributed by atoms with Gasteiger partial charge in [-0.2, -0.15) is 0 Å². The van der Waals surface area contributed by atoms with Crippen molar-refractivity contribution >= 4 is 11.9 Å². The van der Waals surface area contributed by atoms with Crippen LogP contribution in [-0.4, -0.2) is 43.2 Å². The molecule has 130 valence electrons. The fourth-order valence-corrected chi connectivity index (χ4v) is 3.39. The third-order valence-electron chi connectivity index (χ3n) is 4.60. The summed E-state index contributed by atoms with van der Waals surface area (Å²) in [6.07, 6.45) is 0. The van der Waals surface area contributed by atoms with Gasteiger partial charge in [-0.3, -0.25) is 9.59 Å². The van der Waals surface area contributed by atoms with E-state index in [2.05, 4.69) is 0 Å². The Bertz CT molecular complexity index is 832. The molecule has 25 heavy (non-hydrogen) atoms. The van der Waals surface area contributed by atoms with Gasteiger partial charge in [0.2, 0.25) is 0 Å². The van der Waals surface area contributed by atoms with Crippen LogP contribution in [-0.2, 0) is 4.79 Å². The highest BCUT2D eigenvalue weighted by atomic mass is 16.5. The van der Waals surface area contributed by atoms with E-state index in [1.54, 1.807) is 56.6 Å². The lowest BCUT2D eigenvalue weighted by Gasteiger charge is -2.39. The zero-order valence-corrected chi connectivity index (χ0v) is 14.2. The predicted molar refractivity (Wildman–Crippen MR) is 91.2 cm³/mol. The average molecular weight is 341 g/mol. The Morgan fingerprint density at radius 3 is 2.44 bits per heavy atom. The van der Waals surface area contributed by atoms with Crippen molar-refractivity contribution in [1.29, 1.82) is 0 Å². The molecule has 2 aromatic carbocycles. The van der Waals surface area contributed by atoms with Gasteiger partial charge in [-0.25, -0.2) is 0 Å². The molecule has 6 nitrogen and oxygen atoms in total. The number of carbonyl (C=O) groups is 2. The minimum atomic E-state index is -0.991. The molecule has 2 aromatic rings. The van der Waals surface area contributed by atoms with Crippen LogP contribution in [0.2, 0.25) is 0 Å². The van der Waals surface area contributed by atoms with Crippen LogP contribution >= 0.6 is 0 Å². The minimum absolute atomic E-state index is 0.212. The van der Waals surface area contributed by atoms with E-state index in [4.69, 9.17) is 9.47 Å². The molecule has 1 aliphatic heterocycles. The number of carbonyl (C=O) groups excluding carboxylic acids is 1. The highest BCUT2D eigenvalue weighted by Gasteiger charge is 2.43. The second kappa shape index (κ2) is 6.47. The Kier molecular flexibility index (Phi) is 4.35. The summed E-state index contributed by atoms with van der Waals surface area (Å²) in [7, 11) is 4.66. The van der Waals surface area contributed by atoms with Gasteiger partial charge in [0.1, 0.15) is 17.4 Å². The largest absolute Gasteiger partial charge is 0.497 e. The number of methoxy groups -OCH3 is 2. The van der Waals surface area contributed by atoms with E-state index in [0.29, 0.717) is 28.2 Å². The number of nitrogens with zero attached hydrogens (tertiary/aromatic N) is 1. The number of fused-ring (bicyclic) bond motifs is 1. The lowest BCUT2D eigenvalue weighted by molar-refractivity contribution is -0.140. The van der Waals surface area contributed by atoms with Crippen molar-refractivity contribution in [3.8, 4) is 11.5 Å². The first-order valence-electron chi connectivity index (χ1n) is 7.80. The first-order valence-corrected chi connectivity index (χ1v) is 7.80. The monoisotopic (exact) mass is 341 g/mol. The van der Waals surface area contributed by atoms with Crippen LogP contribution < -0.4 is 9.47 Å². The quantitative estimate of drug-likeness (QED) is 0.925. The van der Waals surface area contributed by atoms with E-state index in [1.807, 2.05) is 0 Å². The lowest BCUT2D eigenvalue weighted by atomic mass is 9.80. The van der Waals surface area contributed by atoms with Gasteiger partial charge in [0.15, 0.2) is 0 Å². The fourth-order valence-electron chi connectivity index (χ4n) is 3.39. The Hall–Kier alpha value is -3.02. The molecule has 2 unspecified atom stereocenters. The molecule has 0 bridgehead atoms. The normalized spacial score (nSPS) is 19.3. The predicted octanol–water partition coefficient (Wildman–Crippen LogP) is 2.70. The zero-order valence-electron chi connectivity index (χ0n) is 14.2. The Labute approximate surface area is 145 Å². The van der Waals surface area contributed by atoms with Crippen LogP contribution in [0.25, 0.3) is 0 Å². The summed E-state index contributed by atoms with van der Waals surface area (Å²) in [6.45, 7) is 0. The second-order valence-corrected chi connectivity index (χ2v) is 5.87. The molecule has 2 atom stereocenters. The SMILES string of the molecule is COc1ccc(C2C(C(=O)O)c3ccccc3C(=O)N2C)c(OC)c1. The second-order valence-electron chi connectivity index (χ2n) is 5.87. The van der Waals surface area contributed by atoms with E-state index in [1.165, 1.54) is 12.0 Å². The van der Waals surface area contributed by atoms with E-state index in [-0.39, 0.29) is 5.91 Å². The van der Waals surface area contributed by atoms with Gasteiger partial charge in [0, 0.05) is 24.2 Å². The standard InChI is InChI=1S/C19H19NO5/c1-20-17(14-9-8-11(24-2)10-15(14)25-3)16(19(22)23)12-6-4-5-7-13(12)18(20)21/h4-10,16-17H,1-3H3,(H,22,23). The van der Waals surface area contributed by atoms with Crippen molar-refractivity contribution in [2.24, 2.45) is 0 Å². The number of aliphatic carboxylic acids is 1. The van der Waals surface area contributed by atoms with Crippen LogP contribution in [0.4, 0.5) is 0 Å². The van der Waals surface area contributed by atoms with E-state index in [0.717, 1.165) is 0 Å². The number of benzene rings is 2. The fraction of sp³-hybridized carbons (Fsp3) is 0.263. The van der Waals surface area contributed by atoms with Gasteiger partial charge in [-0.15, -0.1) is 0 Å². The van der Waals surface area contributed by atoms with Crippen molar-refractivity contribution in [1.82, 2.24) is 4.90 Å². The van der Waals surface area contributed by atoms with Crippen molar-refractivity contribution in [2.45, 2.75) is 12.0 Å². The molecule has 6 heteroatoms. The first kappa shape index (κ1) is 16.8. The molecular formula is C19H19NO5. The maximum absolute atomic E-state index is 12.8. The minimum Gasteiger partial charge on any atom is -0.497 e. The van der Waals surface area contributed by atoms with Crippen LogP contribution in [0.5, 0.6) is 11.5 Å². The molecule has 0 aromatic heterocycles. The third-order valence-corrected chi connectivity index (χ3v) is 4.60. The number of likely N-dealkylation sites (N-methyl/N-ethyl adjacent to an activating group) is 1. The van der Waals surface area contributed by atoms with Crippen molar-refractivity contribution in [3.63, 3.8) is 0 Å². The molecule has 3 rings (SSSR count). The molecule has 1 aliphatic rings. The number of rotatable bonds is 4. The average Bonchev–Trinajstić information content (AvgIpc) is 2.63. The van der Waals surface area contributed by atoms with Crippen LogP contribution in [0.15, 0.2) is 42.5 Å². The summed E-state index contributed by atoms with van der Waals surface area (Å²) in [6, 6.07) is 11.3. The number of hydrogen-bond acceptors (Lipinski definition) is 4. The van der Waals surface area contributed by atoms with Crippen LogP contribution in [0.3, 0.4) is 0 Å². The molecule has 1 heterocycles. The van der Waals surface area contributed by atoms with Gasteiger partial charge >= 0.3 is 5.97 Å². The molecule has 0 fully saturated rings. The highest BCUT2D eigenvalue weighted by Crippen LogP contribution is 2.45. The maximum Gasteiger partial charge on any atom is 0.313 e. The molecular weight excluding hydrogens is 322 g/mol.